The van der Waals surface area contributed by atoms with Gasteiger partial charge in [0, 0.05) is 6.54 Å². The average molecular weight is 125 g/mol. The zero-order valence-corrected chi connectivity index (χ0v) is 6.19. The summed E-state index contributed by atoms with van der Waals surface area (Å²) in [6, 6.07) is 0. The highest BCUT2D eigenvalue weighted by Crippen LogP contribution is 2.49. The van der Waals surface area contributed by atoms with Gasteiger partial charge in [0.2, 0.25) is 0 Å². The van der Waals surface area contributed by atoms with E-state index in [2.05, 4.69) is 18.6 Å². The third-order valence-electron chi connectivity index (χ3n) is 2.18. The van der Waals surface area contributed by atoms with Crippen molar-refractivity contribution >= 4 is 6.72 Å². The molecule has 0 unspecified atom stereocenters. The van der Waals surface area contributed by atoms with Gasteiger partial charge in [-0.1, -0.05) is 13.3 Å². The molecule has 0 aromatic rings. The SMILES string of the molecule is C=NCC1(CCC)CC1. The van der Waals surface area contributed by atoms with Gasteiger partial charge >= 0.3 is 0 Å². The molecule has 0 aliphatic heterocycles. The van der Waals surface area contributed by atoms with Gasteiger partial charge in [-0.15, -0.1) is 0 Å². The van der Waals surface area contributed by atoms with Gasteiger partial charge in [0.15, 0.2) is 0 Å². The summed E-state index contributed by atoms with van der Waals surface area (Å²) in [5, 5.41) is 0. The van der Waals surface area contributed by atoms with Crippen LogP contribution in [0.2, 0.25) is 0 Å². The summed E-state index contributed by atoms with van der Waals surface area (Å²) in [7, 11) is 0. The van der Waals surface area contributed by atoms with Crippen molar-refractivity contribution < 1.29 is 0 Å². The normalized spacial score (nSPS) is 21.4. The largest absolute Gasteiger partial charge is 0.300 e. The molecule has 0 bridgehead atoms. The molecule has 0 amide bonds. The summed E-state index contributed by atoms with van der Waals surface area (Å²) in [6.07, 6.45) is 5.43. The fraction of sp³-hybridized carbons (Fsp3) is 0.875. The number of nitrogens with zero attached hydrogens (tertiary/aromatic N) is 1. The minimum atomic E-state index is 0.622. The first-order valence-electron chi connectivity index (χ1n) is 3.75. The van der Waals surface area contributed by atoms with Crippen LogP contribution in [0.4, 0.5) is 0 Å². The second-order valence-corrected chi connectivity index (χ2v) is 3.13. The van der Waals surface area contributed by atoms with E-state index in [4.69, 9.17) is 0 Å². The highest BCUT2D eigenvalue weighted by atomic mass is 14.7. The van der Waals surface area contributed by atoms with E-state index in [0.29, 0.717) is 5.41 Å². The van der Waals surface area contributed by atoms with E-state index in [1.165, 1.54) is 25.7 Å². The molecule has 0 aromatic carbocycles. The average Bonchev–Trinajstić information content (AvgIpc) is 2.51. The summed E-state index contributed by atoms with van der Waals surface area (Å²) in [6.45, 7) is 6.76. The fourth-order valence-corrected chi connectivity index (χ4v) is 1.43. The minimum absolute atomic E-state index is 0.622. The maximum absolute atomic E-state index is 3.94. The fourth-order valence-electron chi connectivity index (χ4n) is 1.43. The summed E-state index contributed by atoms with van der Waals surface area (Å²) >= 11 is 0. The van der Waals surface area contributed by atoms with Gasteiger partial charge in [-0.25, -0.2) is 0 Å². The molecule has 0 spiro atoms. The van der Waals surface area contributed by atoms with Crippen LogP contribution in [0.5, 0.6) is 0 Å². The molecular weight excluding hydrogens is 110 g/mol. The Kier molecular flexibility index (Phi) is 1.89. The Bertz CT molecular complexity index is 103. The van der Waals surface area contributed by atoms with Crippen molar-refractivity contribution in [2.75, 3.05) is 6.54 Å². The zero-order valence-electron chi connectivity index (χ0n) is 6.19. The van der Waals surface area contributed by atoms with Crippen molar-refractivity contribution in [3.63, 3.8) is 0 Å². The lowest BCUT2D eigenvalue weighted by molar-refractivity contribution is 0.474. The van der Waals surface area contributed by atoms with Gasteiger partial charge in [0.25, 0.3) is 0 Å². The number of hydrogen-bond donors (Lipinski definition) is 0. The van der Waals surface area contributed by atoms with E-state index in [9.17, 15) is 0 Å². The van der Waals surface area contributed by atoms with Crippen molar-refractivity contribution in [3.8, 4) is 0 Å². The molecular formula is C8H15N. The first-order valence-corrected chi connectivity index (χ1v) is 3.75. The third-order valence-corrected chi connectivity index (χ3v) is 2.18. The smallest absolute Gasteiger partial charge is 0.0438 e. The second kappa shape index (κ2) is 2.51. The van der Waals surface area contributed by atoms with Crippen molar-refractivity contribution in [2.24, 2.45) is 10.4 Å². The molecule has 0 saturated heterocycles. The molecule has 1 nitrogen and oxygen atoms in total. The molecule has 0 heterocycles. The van der Waals surface area contributed by atoms with Crippen LogP contribution in [0.15, 0.2) is 4.99 Å². The highest BCUT2D eigenvalue weighted by molar-refractivity contribution is 5.24. The first-order chi connectivity index (χ1) is 4.33. The van der Waals surface area contributed by atoms with Crippen LogP contribution in [0, 0.1) is 5.41 Å². The van der Waals surface area contributed by atoms with Crippen molar-refractivity contribution in [1.82, 2.24) is 0 Å². The third kappa shape index (κ3) is 1.54. The Morgan fingerprint density at radius 3 is 2.56 bits per heavy atom. The molecule has 1 saturated carbocycles. The van der Waals surface area contributed by atoms with Gasteiger partial charge < -0.3 is 4.99 Å². The van der Waals surface area contributed by atoms with E-state index in [1.54, 1.807) is 0 Å². The lowest BCUT2D eigenvalue weighted by Gasteiger charge is -2.08. The van der Waals surface area contributed by atoms with Gasteiger partial charge in [0.1, 0.15) is 0 Å². The Balaban J connectivity index is 2.24. The monoisotopic (exact) mass is 125 g/mol. The predicted molar refractivity (Wildman–Crippen MR) is 41.0 cm³/mol. The van der Waals surface area contributed by atoms with Crippen molar-refractivity contribution in [2.45, 2.75) is 32.6 Å². The molecule has 1 heteroatoms. The molecule has 1 aliphatic carbocycles. The van der Waals surface area contributed by atoms with E-state index >= 15 is 0 Å². The van der Waals surface area contributed by atoms with Gasteiger partial charge in [-0.2, -0.15) is 0 Å². The van der Waals surface area contributed by atoms with Crippen LogP contribution in [0.1, 0.15) is 32.6 Å². The zero-order chi connectivity index (χ0) is 6.74. The molecule has 52 valence electrons. The minimum Gasteiger partial charge on any atom is -0.300 e. The van der Waals surface area contributed by atoms with Crippen molar-refractivity contribution in [1.29, 1.82) is 0 Å². The molecule has 1 rings (SSSR count). The van der Waals surface area contributed by atoms with Crippen LogP contribution >= 0.6 is 0 Å². The Morgan fingerprint density at radius 2 is 2.22 bits per heavy atom. The first kappa shape index (κ1) is 6.79. The molecule has 1 aliphatic rings. The number of aliphatic imine (C=N–C) groups is 1. The number of rotatable bonds is 4. The summed E-state index contributed by atoms with van der Waals surface area (Å²) in [5.74, 6) is 0. The van der Waals surface area contributed by atoms with Crippen molar-refractivity contribution in [3.05, 3.63) is 0 Å². The van der Waals surface area contributed by atoms with Crippen LogP contribution in [0.3, 0.4) is 0 Å². The Morgan fingerprint density at radius 1 is 1.56 bits per heavy atom. The van der Waals surface area contributed by atoms with E-state index in [0.717, 1.165) is 6.54 Å². The van der Waals surface area contributed by atoms with E-state index in [-0.39, 0.29) is 0 Å². The molecule has 0 N–H and O–H groups in total. The molecule has 0 aromatic heterocycles. The van der Waals surface area contributed by atoms with Gasteiger partial charge in [0.05, 0.1) is 0 Å². The predicted octanol–water partition coefficient (Wildman–Crippen LogP) is 2.27. The highest BCUT2D eigenvalue weighted by Gasteiger charge is 2.40. The standard InChI is InChI=1S/C8H15N/c1-3-4-8(5-6-8)7-9-2/h2-7H2,1H3. The molecule has 1 fully saturated rings. The van der Waals surface area contributed by atoms with Crippen LogP contribution in [0.25, 0.3) is 0 Å². The molecule has 0 atom stereocenters. The lowest BCUT2D eigenvalue weighted by Crippen LogP contribution is -2.03. The Hall–Kier alpha value is -0.330. The molecule has 0 radical (unpaired) electrons. The van der Waals surface area contributed by atoms with Gasteiger partial charge in [-0.05, 0) is 31.4 Å². The molecule has 9 heavy (non-hydrogen) atoms. The Labute approximate surface area is 57.2 Å². The van der Waals surface area contributed by atoms with E-state index < -0.39 is 0 Å². The second-order valence-electron chi connectivity index (χ2n) is 3.13. The maximum atomic E-state index is 3.94. The summed E-state index contributed by atoms with van der Waals surface area (Å²) in [4.78, 5) is 3.94. The quantitative estimate of drug-likeness (QED) is 0.511. The van der Waals surface area contributed by atoms with E-state index in [1.807, 2.05) is 0 Å². The number of hydrogen-bond acceptors (Lipinski definition) is 1. The van der Waals surface area contributed by atoms with Crippen LogP contribution in [-0.4, -0.2) is 13.3 Å². The maximum Gasteiger partial charge on any atom is 0.0438 e. The summed E-state index contributed by atoms with van der Waals surface area (Å²) < 4.78 is 0. The van der Waals surface area contributed by atoms with Crippen LogP contribution in [-0.2, 0) is 0 Å². The van der Waals surface area contributed by atoms with Gasteiger partial charge in [-0.3, -0.25) is 0 Å². The summed E-state index contributed by atoms with van der Waals surface area (Å²) in [5.41, 5.74) is 0.622. The topological polar surface area (TPSA) is 12.4 Å². The lowest BCUT2D eigenvalue weighted by atomic mass is 10.0. The van der Waals surface area contributed by atoms with Crippen LogP contribution < -0.4 is 0 Å².